The first-order chi connectivity index (χ1) is 10.6. The Bertz CT molecular complexity index is 488. The average Bonchev–Trinajstić information content (AvgIpc) is 3.14. The zero-order valence-electron chi connectivity index (χ0n) is 13.8. The van der Waals surface area contributed by atoms with E-state index in [1.165, 1.54) is 31.2 Å². The second-order valence-electron chi connectivity index (χ2n) is 7.35. The van der Waals surface area contributed by atoms with E-state index in [1.807, 2.05) is 6.07 Å². The maximum Gasteiger partial charge on any atom is 0.122 e. The Labute approximate surface area is 134 Å². The van der Waals surface area contributed by atoms with Crippen LogP contribution in [-0.4, -0.2) is 30.4 Å². The summed E-state index contributed by atoms with van der Waals surface area (Å²) in [7, 11) is 0. The van der Waals surface area contributed by atoms with Crippen LogP contribution in [0.5, 0.6) is 5.75 Å². The number of para-hydroxylation sites is 1. The second-order valence-corrected chi connectivity index (χ2v) is 7.35. The molecule has 3 nitrogen and oxygen atoms in total. The molecule has 0 spiro atoms. The lowest BCUT2D eigenvalue weighted by molar-refractivity contribution is 0.103. The molecule has 0 unspecified atom stereocenters. The van der Waals surface area contributed by atoms with Gasteiger partial charge in [-0.2, -0.15) is 0 Å². The molecule has 2 fully saturated rings. The van der Waals surface area contributed by atoms with Gasteiger partial charge in [-0.3, -0.25) is 0 Å². The van der Waals surface area contributed by atoms with Crippen molar-refractivity contribution in [3.8, 4) is 5.75 Å². The fourth-order valence-corrected chi connectivity index (χ4v) is 4.16. The minimum Gasteiger partial charge on any atom is -0.491 e. The van der Waals surface area contributed by atoms with Crippen LogP contribution < -0.4 is 10.1 Å². The first-order valence-electron chi connectivity index (χ1n) is 8.76. The molecule has 2 N–H and O–H groups in total. The van der Waals surface area contributed by atoms with Gasteiger partial charge in [0.05, 0.1) is 0 Å². The lowest BCUT2D eigenvalue weighted by Gasteiger charge is -2.25. The van der Waals surface area contributed by atoms with Crippen molar-refractivity contribution in [3.05, 3.63) is 29.8 Å². The fraction of sp³-hybridized carbons (Fsp3) is 0.684. The minimum atomic E-state index is -0.463. The number of rotatable bonds is 7. The van der Waals surface area contributed by atoms with Gasteiger partial charge >= 0.3 is 0 Å². The summed E-state index contributed by atoms with van der Waals surface area (Å²) in [5.41, 5.74) is 1.36. The van der Waals surface area contributed by atoms with Crippen molar-refractivity contribution in [2.45, 2.75) is 57.6 Å². The van der Waals surface area contributed by atoms with Crippen LogP contribution in [0.25, 0.3) is 0 Å². The molecule has 0 radical (unpaired) electrons. The summed E-state index contributed by atoms with van der Waals surface area (Å²) in [6.07, 6.45) is 5.06. The molecule has 122 valence electrons. The van der Waals surface area contributed by atoms with Crippen LogP contribution in [-0.2, 0) is 0 Å². The van der Waals surface area contributed by atoms with Gasteiger partial charge in [0, 0.05) is 12.6 Å². The predicted octanol–water partition coefficient (Wildman–Crippen LogP) is 3.33. The van der Waals surface area contributed by atoms with Crippen LogP contribution in [0, 0.1) is 11.8 Å². The molecule has 2 aliphatic carbocycles. The minimum absolute atomic E-state index is 0.359. The zero-order valence-corrected chi connectivity index (χ0v) is 13.8. The van der Waals surface area contributed by atoms with E-state index in [0.29, 0.717) is 25.1 Å². The number of nitrogens with one attached hydrogen (secondary N) is 1. The number of aliphatic hydroxyl groups is 1. The molecule has 2 bridgehead atoms. The lowest BCUT2D eigenvalue weighted by Crippen LogP contribution is -2.35. The first kappa shape index (κ1) is 15.8. The molecule has 1 aromatic rings. The standard InChI is InChI=1S/C19H29NO2/c1-13(2)20-11-16(21)12-22-19-6-4-3-5-17(19)18-10-14-7-8-15(18)9-14/h3-6,13-16,18,20-21H,7-12H2,1-2H3/t14-,15+,16-,18-/m1/s1. The molecule has 0 aromatic heterocycles. The second kappa shape index (κ2) is 7.01. The van der Waals surface area contributed by atoms with Gasteiger partial charge in [-0.15, -0.1) is 0 Å². The van der Waals surface area contributed by atoms with Crippen LogP contribution in [0.15, 0.2) is 24.3 Å². The maximum atomic E-state index is 10.0. The van der Waals surface area contributed by atoms with Crippen molar-refractivity contribution >= 4 is 0 Å². The Balaban J connectivity index is 1.60. The van der Waals surface area contributed by atoms with Gasteiger partial charge in [0.2, 0.25) is 0 Å². The van der Waals surface area contributed by atoms with Crippen LogP contribution in [0.1, 0.15) is 51.0 Å². The largest absolute Gasteiger partial charge is 0.491 e. The van der Waals surface area contributed by atoms with E-state index in [2.05, 4.69) is 37.4 Å². The number of ether oxygens (including phenoxy) is 1. The van der Waals surface area contributed by atoms with E-state index in [-0.39, 0.29) is 0 Å². The average molecular weight is 303 g/mol. The van der Waals surface area contributed by atoms with Gasteiger partial charge in [-0.1, -0.05) is 38.5 Å². The highest BCUT2D eigenvalue weighted by atomic mass is 16.5. The molecule has 2 aliphatic rings. The van der Waals surface area contributed by atoms with E-state index in [4.69, 9.17) is 4.74 Å². The lowest BCUT2D eigenvalue weighted by atomic mass is 9.83. The third kappa shape index (κ3) is 3.64. The molecule has 0 aliphatic heterocycles. The molecule has 4 atom stereocenters. The van der Waals surface area contributed by atoms with E-state index in [1.54, 1.807) is 0 Å². The normalized spacial score (nSPS) is 28.3. The van der Waals surface area contributed by atoms with Gasteiger partial charge in [0.25, 0.3) is 0 Å². The van der Waals surface area contributed by atoms with E-state index >= 15 is 0 Å². The van der Waals surface area contributed by atoms with E-state index < -0.39 is 6.10 Å². The van der Waals surface area contributed by atoms with Crippen molar-refractivity contribution < 1.29 is 9.84 Å². The Morgan fingerprint density at radius 3 is 2.73 bits per heavy atom. The van der Waals surface area contributed by atoms with E-state index in [0.717, 1.165) is 17.6 Å². The first-order valence-corrected chi connectivity index (χ1v) is 8.76. The smallest absolute Gasteiger partial charge is 0.122 e. The molecule has 22 heavy (non-hydrogen) atoms. The monoisotopic (exact) mass is 303 g/mol. The highest BCUT2D eigenvalue weighted by Crippen LogP contribution is 2.54. The third-order valence-corrected chi connectivity index (χ3v) is 5.25. The number of aliphatic hydroxyl groups excluding tert-OH is 1. The molecule has 3 heteroatoms. The van der Waals surface area contributed by atoms with Gasteiger partial charge in [-0.05, 0) is 48.6 Å². The van der Waals surface area contributed by atoms with Crippen molar-refractivity contribution in [2.24, 2.45) is 11.8 Å². The SMILES string of the molecule is CC(C)NC[C@@H](O)COc1ccccc1[C@@H]1C[C@@H]2CC[C@H]1C2. The van der Waals surface area contributed by atoms with Crippen molar-refractivity contribution in [3.63, 3.8) is 0 Å². The topological polar surface area (TPSA) is 41.5 Å². The number of hydrogen-bond donors (Lipinski definition) is 2. The number of benzene rings is 1. The summed E-state index contributed by atoms with van der Waals surface area (Å²) in [5.74, 6) is 3.43. The molecule has 1 aromatic carbocycles. The summed E-state index contributed by atoms with van der Waals surface area (Å²) in [6, 6.07) is 8.81. The van der Waals surface area contributed by atoms with Crippen molar-refractivity contribution in [2.75, 3.05) is 13.2 Å². The van der Waals surface area contributed by atoms with Crippen molar-refractivity contribution in [1.29, 1.82) is 0 Å². The Kier molecular flexibility index (Phi) is 5.04. The van der Waals surface area contributed by atoms with Crippen LogP contribution in [0.4, 0.5) is 0 Å². The summed E-state index contributed by atoms with van der Waals surface area (Å²) in [5, 5.41) is 13.3. The summed E-state index contributed by atoms with van der Waals surface area (Å²) >= 11 is 0. The Morgan fingerprint density at radius 2 is 2.05 bits per heavy atom. The highest BCUT2D eigenvalue weighted by Gasteiger charge is 2.41. The molecular weight excluding hydrogens is 274 g/mol. The van der Waals surface area contributed by atoms with Crippen LogP contribution in [0.3, 0.4) is 0 Å². The Hall–Kier alpha value is -1.06. The zero-order chi connectivity index (χ0) is 15.5. The molecule has 0 amide bonds. The molecule has 0 saturated heterocycles. The maximum absolute atomic E-state index is 10.0. The van der Waals surface area contributed by atoms with Gasteiger partial charge in [0.15, 0.2) is 0 Å². The van der Waals surface area contributed by atoms with Crippen molar-refractivity contribution in [1.82, 2.24) is 5.32 Å². The summed E-state index contributed by atoms with van der Waals surface area (Å²) in [6.45, 7) is 5.10. The Morgan fingerprint density at radius 1 is 1.23 bits per heavy atom. The van der Waals surface area contributed by atoms with Gasteiger partial charge in [-0.25, -0.2) is 0 Å². The quantitative estimate of drug-likeness (QED) is 0.812. The van der Waals surface area contributed by atoms with E-state index in [9.17, 15) is 5.11 Å². The van der Waals surface area contributed by atoms with Gasteiger partial charge in [0.1, 0.15) is 18.5 Å². The predicted molar refractivity (Wildman–Crippen MR) is 89.3 cm³/mol. The van der Waals surface area contributed by atoms with Crippen LogP contribution >= 0.6 is 0 Å². The molecule has 2 saturated carbocycles. The van der Waals surface area contributed by atoms with Gasteiger partial charge < -0.3 is 15.2 Å². The summed E-state index contributed by atoms with van der Waals surface area (Å²) in [4.78, 5) is 0. The fourth-order valence-electron chi connectivity index (χ4n) is 4.16. The summed E-state index contributed by atoms with van der Waals surface area (Å²) < 4.78 is 5.96. The molecular formula is C19H29NO2. The number of hydrogen-bond acceptors (Lipinski definition) is 3. The molecule has 0 heterocycles. The molecule has 3 rings (SSSR count). The number of fused-ring (bicyclic) bond motifs is 2. The highest BCUT2D eigenvalue weighted by molar-refractivity contribution is 5.38. The third-order valence-electron chi connectivity index (χ3n) is 5.25. The van der Waals surface area contributed by atoms with Crippen LogP contribution in [0.2, 0.25) is 0 Å².